The van der Waals surface area contributed by atoms with E-state index in [0.29, 0.717) is 5.56 Å². The van der Waals surface area contributed by atoms with Crippen LogP contribution in [0.25, 0.3) is 0 Å². The molecule has 84 valence electrons. The topological polar surface area (TPSA) is 9.23 Å². The van der Waals surface area contributed by atoms with Gasteiger partial charge in [-0.1, -0.05) is 60.3 Å². The third-order valence-corrected chi connectivity index (χ3v) is 2.60. The molecule has 0 spiro atoms. The Morgan fingerprint density at radius 1 is 1.13 bits per heavy atom. The minimum Gasteiger partial charge on any atom is -0.494 e. The molecule has 0 bridgehead atoms. The number of halogens is 3. The molecule has 0 fully saturated rings. The molecule has 0 aliphatic heterocycles. The van der Waals surface area contributed by atoms with Crippen LogP contribution in [-0.4, -0.2) is 6.61 Å². The van der Waals surface area contributed by atoms with Gasteiger partial charge in [-0.3, -0.25) is 0 Å². The number of unbranched alkanes of at least 4 members (excludes halogenated alkanes) is 1. The lowest BCUT2D eigenvalue weighted by atomic mass is 10.2. The van der Waals surface area contributed by atoms with E-state index in [0.717, 1.165) is 25.2 Å². The molecule has 1 aromatic carbocycles. The summed E-state index contributed by atoms with van der Waals surface area (Å²) in [5.74, 6) is 0.807. The summed E-state index contributed by atoms with van der Waals surface area (Å²) in [5, 5.41) is 0. The number of hydrogen-bond acceptors (Lipinski definition) is 1. The SMILES string of the molecule is CCCCOc1ccc(C(Cl)(Cl)Cl)cc1. The van der Waals surface area contributed by atoms with Gasteiger partial charge in [0.05, 0.1) is 6.61 Å². The number of alkyl halides is 3. The zero-order chi connectivity index (χ0) is 11.3. The first-order valence-corrected chi connectivity index (χ1v) is 5.97. The predicted molar refractivity (Wildman–Crippen MR) is 66.1 cm³/mol. The third kappa shape index (κ3) is 4.50. The van der Waals surface area contributed by atoms with Crippen LogP contribution in [0.5, 0.6) is 5.75 Å². The molecule has 0 aliphatic rings. The van der Waals surface area contributed by atoms with Crippen molar-refractivity contribution < 1.29 is 4.74 Å². The van der Waals surface area contributed by atoms with Gasteiger partial charge in [0.2, 0.25) is 3.79 Å². The van der Waals surface area contributed by atoms with Crippen molar-refractivity contribution in [2.75, 3.05) is 6.61 Å². The molecule has 0 N–H and O–H groups in total. The van der Waals surface area contributed by atoms with Gasteiger partial charge >= 0.3 is 0 Å². The number of rotatable bonds is 4. The lowest BCUT2D eigenvalue weighted by Crippen LogP contribution is -2.00. The van der Waals surface area contributed by atoms with Crippen LogP contribution < -0.4 is 4.74 Å². The Hall–Kier alpha value is -0.110. The summed E-state index contributed by atoms with van der Waals surface area (Å²) in [6.45, 7) is 2.85. The number of hydrogen-bond donors (Lipinski definition) is 0. The highest BCUT2D eigenvalue weighted by atomic mass is 35.6. The van der Waals surface area contributed by atoms with E-state index in [-0.39, 0.29) is 0 Å². The van der Waals surface area contributed by atoms with Crippen LogP contribution in [0.4, 0.5) is 0 Å². The molecule has 0 aromatic heterocycles. The van der Waals surface area contributed by atoms with Crippen LogP contribution in [0.15, 0.2) is 24.3 Å². The zero-order valence-electron chi connectivity index (χ0n) is 8.47. The molecule has 0 heterocycles. The van der Waals surface area contributed by atoms with Crippen LogP contribution in [0.1, 0.15) is 25.3 Å². The molecule has 0 radical (unpaired) electrons. The molecule has 0 atom stereocenters. The van der Waals surface area contributed by atoms with E-state index in [1.54, 1.807) is 12.1 Å². The Labute approximate surface area is 105 Å². The van der Waals surface area contributed by atoms with Crippen molar-refractivity contribution in [2.45, 2.75) is 23.6 Å². The Balaban J connectivity index is 2.57. The quantitative estimate of drug-likeness (QED) is 0.568. The van der Waals surface area contributed by atoms with Crippen LogP contribution in [0.3, 0.4) is 0 Å². The Bertz CT molecular complexity index is 290. The maximum absolute atomic E-state index is 5.73. The van der Waals surface area contributed by atoms with Gasteiger partial charge in [-0.2, -0.15) is 0 Å². The number of ether oxygens (including phenoxy) is 1. The van der Waals surface area contributed by atoms with Crippen LogP contribution in [0.2, 0.25) is 0 Å². The van der Waals surface area contributed by atoms with E-state index < -0.39 is 3.79 Å². The van der Waals surface area contributed by atoms with Crippen molar-refractivity contribution in [1.29, 1.82) is 0 Å². The summed E-state index contributed by atoms with van der Waals surface area (Å²) in [6, 6.07) is 7.14. The van der Waals surface area contributed by atoms with Crippen molar-refractivity contribution in [1.82, 2.24) is 0 Å². The molecular formula is C11H13Cl3O. The first-order valence-electron chi connectivity index (χ1n) is 4.84. The summed E-state index contributed by atoms with van der Waals surface area (Å²) >= 11 is 17.2. The Morgan fingerprint density at radius 3 is 2.20 bits per heavy atom. The molecule has 1 rings (SSSR count). The van der Waals surface area contributed by atoms with Crippen molar-refractivity contribution >= 4 is 34.8 Å². The molecular weight excluding hydrogens is 254 g/mol. The lowest BCUT2D eigenvalue weighted by molar-refractivity contribution is 0.309. The maximum atomic E-state index is 5.73. The van der Waals surface area contributed by atoms with E-state index in [9.17, 15) is 0 Å². The van der Waals surface area contributed by atoms with Gasteiger partial charge in [0.25, 0.3) is 0 Å². The fourth-order valence-corrected chi connectivity index (χ4v) is 1.45. The maximum Gasteiger partial charge on any atom is 0.216 e. The predicted octanol–water partition coefficient (Wildman–Crippen LogP) is 4.69. The van der Waals surface area contributed by atoms with Gasteiger partial charge in [0.15, 0.2) is 0 Å². The van der Waals surface area contributed by atoms with Gasteiger partial charge in [-0.25, -0.2) is 0 Å². The molecule has 1 nitrogen and oxygen atoms in total. The number of benzene rings is 1. The van der Waals surface area contributed by atoms with Crippen molar-refractivity contribution in [3.63, 3.8) is 0 Å². The van der Waals surface area contributed by atoms with Crippen molar-refractivity contribution in [2.24, 2.45) is 0 Å². The summed E-state index contributed by atoms with van der Waals surface area (Å²) < 4.78 is 4.13. The highest BCUT2D eigenvalue weighted by Crippen LogP contribution is 2.38. The van der Waals surface area contributed by atoms with Gasteiger partial charge in [-0.15, -0.1) is 0 Å². The summed E-state index contributed by atoms with van der Waals surface area (Å²) in [5.41, 5.74) is 0.648. The van der Waals surface area contributed by atoms with Crippen molar-refractivity contribution in [3.8, 4) is 5.75 Å². The summed E-state index contributed by atoms with van der Waals surface area (Å²) in [4.78, 5) is 0. The second kappa shape index (κ2) is 5.83. The largest absolute Gasteiger partial charge is 0.494 e. The molecule has 0 amide bonds. The van der Waals surface area contributed by atoms with Gasteiger partial charge in [0, 0.05) is 5.56 Å². The lowest BCUT2D eigenvalue weighted by Gasteiger charge is -2.12. The van der Waals surface area contributed by atoms with E-state index in [1.165, 1.54) is 0 Å². The first-order chi connectivity index (χ1) is 7.04. The highest BCUT2D eigenvalue weighted by molar-refractivity contribution is 6.66. The van der Waals surface area contributed by atoms with E-state index in [4.69, 9.17) is 39.5 Å². The van der Waals surface area contributed by atoms with Gasteiger partial charge in [0.1, 0.15) is 5.75 Å². The van der Waals surface area contributed by atoms with Gasteiger partial charge < -0.3 is 4.74 Å². The smallest absolute Gasteiger partial charge is 0.216 e. The molecule has 0 aliphatic carbocycles. The van der Waals surface area contributed by atoms with Crippen molar-refractivity contribution in [3.05, 3.63) is 29.8 Å². The average Bonchev–Trinajstić information content (AvgIpc) is 2.18. The average molecular weight is 268 g/mol. The van der Waals surface area contributed by atoms with Gasteiger partial charge in [-0.05, 0) is 18.6 Å². The first kappa shape index (κ1) is 13.0. The third-order valence-electron chi connectivity index (χ3n) is 1.95. The minimum atomic E-state index is -1.36. The highest BCUT2D eigenvalue weighted by Gasteiger charge is 2.22. The Morgan fingerprint density at radius 2 is 1.73 bits per heavy atom. The summed E-state index contributed by atoms with van der Waals surface area (Å²) in [7, 11) is 0. The standard InChI is InChI=1S/C11H13Cl3O/c1-2-3-8-15-10-6-4-9(5-7-10)11(12,13)14/h4-7H,2-3,8H2,1H3. The fraction of sp³-hybridized carbons (Fsp3) is 0.455. The zero-order valence-corrected chi connectivity index (χ0v) is 10.7. The second-order valence-electron chi connectivity index (χ2n) is 3.22. The molecule has 0 unspecified atom stereocenters. The van der Waals surface area contributed by atoms with E-state index >= 15 is 0 Å². The molecule has 15 heavy (non-hydrogen) atoms. The molecule has 4 heteroatoms. The fourth-order valence-electron chi connectivity index (χ4n) is 1.07. The molecule has 0 saturated carbocycles. The van der Waals surface area contributed by atoms with E-state index in [2.05, 4.69) is 6.92 Å². The van der Waals surface area contributed by atoms with E-state index in [1.807, 2.05) is 12.1 Å². The van der Waals surface area contributed by atoms with Crippen LogP contribution >= 0.6 is 34.8 Å². The minimum absolute atomic E-state index is 0.648. The van der Waals surface area contributed by atoms with Crippen LogP contribution in [0, 0.1) is 0 Å². The Kier molecular flexibility index (Phi) is 5.04. The second-order valence-corrected chi connectivity index (χ2v) is 5.51. The normalized spacial score (nSPS) is 11.5. The molecule has 0 saturated heterocycles. The van der Waals surface area contributed by atoms with Crippen LogP contribution in [-0.2, 0) is 3.79 Å². The summed E-state index contributed by atoms with van der Waals surface area (Å²) in [6.07, 6.45) is 2.17. The monoisotopic (exact) mass is 266 g/mol. The molecule has 1 aromatic rings.